The number of hydrazine groups is 1. The minimum Gasteiger partial charge on any atom is -0.271 e. The van der Waals surface area contributed by atoms with Crippen LogP contribution >= 0.6 is 11.6 Å². The maximum Gasteiger partial charge on any atom is 0.145 e. The van der Waals surface area contributed by atoms with Gasteiger partial charge in [-0.05, 0) is 30.0 Å². The lowest BCUT2D eigenvalue weighted by Gasteiger charge is -2.26. The number of nitrogens with one attached hydrogen (secondary N) is 1. The van der Waals surface area contributed by atoms with Crippen molar-refractivity contribution in [1.82, 2.24) is 5.43 Å². The van der Waals surface area contributed by atoms with Crippen LogP contribution in [0, 0.1) is 5.82 Å². The van der Waals surface area contributed by atoms with Gasteiger partial charge in [0.2, 0.25) is 0 Å². The molecule has 0 amide bonds. The SMILES string of the molecule is CCC(c1ccccc1)C(Cc1cccc(Cl)c1F)NN. The number of hydrogen-bond acceptors (Lipinski definition) is 2. The summed E-state index contributed by atoms with van der Waals surface area (Å²) in [6, 6.07) is 15.2. The van der Waals surface area contributed by atoms with E-state index < -0.39 is 0 Å². The number of hydrogen-bond donors (Lipinski definition) is 2. The van der Waals surface area contributed by atoms with Crippen molar-refractivity contribution in [3.63, 3.8) is 0 Å². The van der Waals surface area contributed by atoms with Crippen LogP contribution in [0.3, 0.4) is 0 Å². The van der Waals surface area contributed by atoms with Crippen LogP contribution in [0.25, 0.3) is 0 Å². The van der Waals surface area contributed by atoms with Crippen LogP contribution in [-0.4, -0.2) is 6.04 Å². The van der Waals surface area contributed by atoms with E-state index in [1.54, 1.807) is 18.2 Å². The quantitative estimate of drug-likeness (QED) is 0.624. The third kappa shape index (κ3) is 3.82. The zero-order valence-corrected chi connectivity index (χ0v) is 12.8. The molecule has 0 saturated carbocycles. The van der Waals surface area contributed by atoms with Crippen molar-refractivity contribution in [2.45, 2.75) is 31.7 Å². The zero-order chi connectivity index (χ0) is 15.2. The van der Waals surface area contributed by atoms with Crippen molar-refractivity contribution >= 4 is 11.6 Å². The molecule has 3 N–H and O–H groups in total. The van der Waals surface area contributed by atoms with E-state index in [-0.39, 0.29) is 22.8 Å². The summed E-state index contributed by atoms with van der Waals surface area (Å²) in [7, 11) is 0. The summed E-state index contributed by atoms with van der Waals surface area (Å²) < 4.78 is 14.1. The summed E-state index contributed by atoms with van der Waals surface area (Å²) in [5.41, 5.74) is 4.62. The lowest BCUT2D eigenvalue weighted by molar-refractivity contribution is 0.421. The van der Waals surface area contributed by atoms with Gasteiger partial charge in [-0.25, -0.2) is 4.39 Å². The fourth-order valence-corrected chi connectivity index (χ4v) is 2.91. The van der Waals surface area contributed by atoms with Crippen molar-refractivity contribution in [3.05, 3.63) is 70.5 Å². The Balaban J connectivity index is 2.24. The molecule has 2 aromatic rings. The second kappa shape index (κ2) is 7.55. The van der Waals surface area contributed by atoms with Crippen LogP contribution < -0.4 is 11.3 Å². The summed E-state index contributed by atoms with van der Waals surface area (Å²) in [6.45, 7) is 2.11. The smallest absolute Gasteiger partial charge is 0.145 e. The first-order chi connectivity index (χ1) is 10.2. The summed E-state index contributed by atoms with van der Waals surface area (Å²) in [6.07, 6.45) is 1.41. The van der Waals surface area contributed by atoms with Crippen LogP contribution in [-0.2, 0) is 6.42 Å². The van der Waals surface area contributed by atoms with E-state index in [0.29, 0.717) is 12.0 Å². The van der Waals surface area contributed by atoms with Gasteiger partial charge in [0.05, 0.1) is 5.02 Å². The van der Waals surface area contributed by atoms with Crippen LogP contribution in [0.4, 0.5) is 4.39 Å². The molecule has 2 unspecified atom stereocenters. The monoisotopic (exact) mass is 306 g/mol. The van der Waals surface area contributed by atoms with Crippen molar-refractivity contribution in [3.8, 4) is 0 Å². The fourth-order valence-electron chi connectivity index (χ4n) is 2.71. The predicted molar refractivity (Wildman–Crippen MR) is 85.7 cm³/mol. The van der Waals surface area contributed by atoms with Crippen molar-refractivity contribution in [2.75, 3.05) is 0 Å². The van der Waals surface area contributed by atoms with Crippen LogP contribution in [0.2, 0.25) is 5.02 Å². The van der Waals surface area contributed by atoms with Crippen LogP contribution in [0.5, 0.6) is 0 Å². The number of rotatable bonds is 6. The average Bonchev–Trinajstić information content (AvgIpc) is 2.52. The van der Waals surface area contributed by atoms with E-state index >= 15 is 0 Å². The fraction of sp³-hybridized carbons (Fsp3) is 0.294. The second-order valence-electron chi connectivity index (χ2n) is 5.12. The first-order valence-electron chi connectivity index (χ1n) is 7.11. The predicted octanol–water partition coefficient (Wildman–Crippen LogP) is 4.05. The summed E-state index contributed by atoms with van der Waals surface area (Å²) in [5, 5.41) is 0.149. The molecule has 4 heteroatoms. The van der Waals surface area contributed by atoms with Crippen molar-refractivity contribution < 1.29 is 4.39 Å². The van der Waals surface area contributed by atoms with Crippen LogP contribution in [0.15, 0.2) is 48.5 Å². The van der Waals surface area contributed by atoms with Crippen molar-refractivity contribution in [1.29, 1.82) is 0 Å². The number of benzene rings is 2. The topological polar surface area (TPSA) is 38.0 Å². The first-order valence-corrected chi connectivity index (χ1v) is 7.49. The lowest BCUT2D eigenvalue weighted by atomic mass is 9.86. The van der Waals surface area contributed by atoms with Gasteiger partial charge < -0.3 is 0 Å². The highest BCUT2D eigenvalue weighted by Crippen LogP contribution is 2.27. The highest BCUT2D eigenvalue weighted by molar-refractivity contribution is 6.30. The van der Waals surface area contributed by atoms with Gasteiger partial charge in [-0.1, -0.05) is 61.0 Å². The second-order valence-corrected chi connectivity index (χ2v) is 5.52. The number of halogens is 2. The maximum atomic E-state index is 14.1. The molecule has 2 aromatic carbocycles. The van der Waals surface area contributed by atoms with Gasteiger partial charge in [0.15, 0.2) is 0 Å². The van der Waals surface area contributed by atoms with Crippen molar-refractivity contribution in [2.24, 2.45) is 5.84 Å². The zero-order valence-electron chi connectivity index (χ0n) is 12.0. The van der Waals surface area contributed by atoms with Gasteiger partial charge in [-0.3, -0.25) is 11.3 Å². The highest BCUT2D eigenvalue weighted by Gasteiger charge is 2.22. The molecule has 0 fully saturated rings. The molecule has 2 nitrogen and oxygen atoms in total. The minimum absolute atomic E-state index is 0.0506. The summed E-state index contributed by atoms with van der Waals surface area (Å²) in [5.74, 6) is 5.58. The molecule has 112 valence electrons. The van der Waals surface area contributed by atoms with E-state index in [4.69, 9.17) is 17.4 Å². The average molecular weight is 307 g/mol. The standard InChI is InChI=1S/C17H20ClFN2/c1-2-14(12-7-4-3-5-8-12)16(21-20)11-13-9-6-10-15(18)17(13)19/h3-10,14,16,21H,2,11,20H2,1H3. The molecular weight excluding hydrogens is 287 g/mol. The van der Waals surface area contributed by atoms with E-state index in [1.165, 1.54) is 5.56 Å². The molecule has 0 bridgehead atoms. The van der Waals surface area contributed by atoms with Gasteiger partial charge in [0.1, 0.15) is 5.82 Å². The Hall–Kier alpha value is -1.42. The van der Waals surface area contributed by atoms with Gasteiger partial charge >= 0.3 is 0 Å². The first kappa shape index (κ1) is 16.0. The molecule has 21 heavy (non-hydrogen) atoms. The third-order valence-corrected chi connectivity index (χ3v) is 4.13. The Kier molecular flexibility index (Phi) is 5.74. The number of nitrogens with two attached hydrogens (primary N) is 1. The molecule has 0 heterocycles. The molecule has 0 aliphatic heterocycles. The van der Waals surface area contributed by atoms with Gasteiger partial charge in [0.25, 0.3) is 0 Å². The molecule has 0 aromatic heterocycles. The highest BCUT2D eigenvalue weighted by atomic mass is 35.5. The largest absolute Gasteiger partial charge is 0.271 e. The molecule has 2 rings (SSSR count). The van der Waals surface area contributed by atoms with E-state index in [1.807, 2.05) is 18.2 Å². The lowest BCUT2D eigenvalue weighted by Crippen LogP contribution is -2.41. The van der Waals surface area contributed by atoms with Gasteiger partial charge in [0, 0.05) is 12.0 Å². The molecular formula is C17H20ClFN2. The van der Waals surface area contributed by atoms with Gasteiger partial charge in [-0.2, -0.15) is 0 Å². The molecule has 0 radical (unpaired) electrons. The summed E-state index contributed by atoms with van der Waals surface area (Å²) >= 11 is 5.84. The molecule has 2 atom stereocenters. The van der Waals surface area contributed by atoms with E-state index in [0.717, 1.165) is 6.42 Å². The Morgan fingerprint density at radius 2 is 1.86 bits per heavy atom. The third-order valence-electron chi connectivity index (χ3n) is 3.84. The molecule has 0 aliphatic carbocycles. The molecule has 0 spiro atoms. The Labute approximate surface area is 130 Å². The van der Waals surface area contributed by atoms with E-state index in [9.17, 15) is 4.39 Å². The van der Waals surface area contributed by atoms with Crippen LogP contribution in [0.1, 0.15) is 30.4 Å². The maximum absolute atomic E-state index is 14.1. The Morgan fingerprint density at radius 1 is 1.14 bits per heavy atom. The van der Waals surface area contributed by atoms with Gasteiger partial charge in [-0.15, -0.1) is 0 Å². The molecule has 0 aliphatic rings. The normalized spacial score (nSPS) is 13.9. The summed E-state index contributed by atoms with van der Waals surface area (Å²) in [4.78, 5) is 0. The van der Waals surface area contributed by atoms with E-state index in [2.05, 4.69) is 24.5 Å². The molecule has 0 saturated heterocycles. The Bertz CT molecular complexity index is 574. The minimum atomic E-state index is -0.359. The Morgan fingerprint density at radius 3 is 2.48 bits per heavy atom.